The fourth-order valence-electron chi connectivity index (χ4n) is 1.63. The number of hydrogen-bond donors (Lipinski definition) is 2. The maximum atomic E-state index is 11.8. The molecule has 0 bridgehead atoms. The Morgan fingerprint density at radius 3 is 2.33 bits per heavy atom. The molecule has 1 aromatic rings. The van der Waals surface area contributed by atoms with Gasteiger partial charge in [-0.1, -0.05) is 29.3 Å². The van der Waals surface area contributed by atoms with Gasteiger partial charge in [-0.05, 0) is 39.2 Å². The number of nitrogens with zero attached hydrogens (tertiary/aromatic N) is 1. The van der Waals surface area contributed by atoms with Gasteiger partial charge >= 0.3 is 0 Å². The molecule has 0 aliphatic rings. The van der Waals surface area contributed by atoms with Crippen molar-refractivity contribution in [1.82, 2.24) is 10.2 Å². The molecule has 2 N–H and O–H groups in total. The maximum Gasteiger partial charge on any atom is 0.233 e. The highest BCUT2D eigenvalue weighted by Gasteiger charge is 2.13. The van der Waals surface area contributed by atoms with Crippen LogP contribution in [0.25, 0.3) is 0 Å². The van der Waals surface area contributed by atoms with Gasteiger partial charge in [0.05, 0.1) is 15.7 Å². The van der Waals surface area contributed by atoms with Crippen molar-refractivity contribution < 1.29 is 9.59 Å². The highest BCUT2D eigenvalue weighted by molar-refractivity contribution is 6.39. The average Bonchev–Trinajstić information content (AvgIpc) is 2.39. The number of para-hydroxylation sites is 1. The van der Waals surface area contributed by atoms with Crippen LogP contribution in [-0.2, 0) is 9.59 Å². The van der Waals surface area contributed by atoms with E-state index in [-0.39, 0.29) is 12.3 Å². The van der Waals surface area contributed by atoms with E-state index < -0.39 is 5.91 Å². The van der Waals surface area contributed by atoms with Crippen LogP contribution in [0.4, 0.5) is 5.69 Å². The summed E-state index contributed by atoms with van der Waals surface area (Å²) in [6.45, 7) is 1.42. The quantitative estimate of drug-likeness (QED) is 0.595. The van der Waals surface area contributed by atoms with Gasteiger partial charge in [0.1, 0.15) is 6.42 Å². The fourth-order valence-corrected chi connectivity index (χ4v) is 2.12. The lowest BCUT2D eigenvalue weighted by atomic mass is 10.3. The fraction of sp³-hybridized carbons (Fsp3) is 0.429. The molecule has 0 fully saturated rings. The molecule has 0 aliphatic heterocycles. The molecule has 7 heteroatoms. The highest BCUT2D eigenvalue weighted by Crippen LogP contribution is 2.29. The number of carbonyl (C=O) groups is 2. The molecule has 0 atom stereocenters. The van der Waals surface area contributed by atoms with Gasteiger partial charge in [0.25, 0.3) is 0 Å². The Hall–Kier alpha value is -1.30. The van der Waals surface area contributed by atoms with Gasteiger partial charge < -0.3 is 15.5 Å². The first-order valence-electron chi connectivity index (χ1n) is 6.55. The van der Waals surface area contributed by atoms with Crippen LogP contribution in [0.1, 0.15) is 12.8 Å². The van der Waals surface area contributed by atoms with Gasteiger partial charge in [0.15, 0.2) is 0 Å². The van der Waals surface area contributed by atoms with Crippen molar-refractivity contribution in [2.75, 3.05) is 32.5 Å². The second kappa shape index (κ2) is 8.87. The van der Waals surface area contributed by atoms with Crippen molar-refractivity contribution in [3.8, 4) is 0 Å². The number of halogens is 2. The SMILES string of the molecule is CN(C)CCCNC(=O)CC(=O)Nc1c(Cl)cccc1Cl. The van der Waals surface area contributed by atoms with E-state index in [9.17, 15) is 9.59 Å². The molecule has 116 valence electrons. The Morgan fingerprint density at radius 1 is 1.14 bits per heavy atom. The number of benzene rings is 1. The van der Waals surface area contributed by atoms with E-state index in [1.165, 1.54) is 0 Å². The minimum Gasteiger partial charge on any atom is -0.356 e. The molecule has 1 aromatic carbocycles. The van der Waals surface area contributed by atoms with Crippen LogP contribution in [0.5, 0.6) is 0 Å². The third-order valence-corrected chi connectivity index (χ3v) is 3.28. The summed E-state index contributed by atoms with van der Waals surface area (Å²) in [6, 6.07) is 4.91. The molecule has 0 heterocycles. The van der Waals surface area contributed by atoms with Crippen LogP contribution in [0.15, 0.2) is 18.2 Å². The molecule has 1 rings (SSSR count). The first-order chi connectivity index (χ1) is 9.90. The van der Waals surface area contributed by atoms with Gasteiger partial charge in [0.2, 0.25) is 11.8 Å². The summed E-state index contributed by atoms with van der Waals surface area (Å²) in [7, 11) is 3.92. The first-order valence-corrected chi connectivity index (χ1v) is 7.31. The topological polar surface area (TPSA) is 61.4 Å². The molecule has 5 nitrogen and oxygen atoms in total. The summed E-state index contributed by atoms with van der Waals surface area (Å²) < 4.78 is 0. The Labute approximate surface area is 134 Å². The van der Waals surface area contributed by atoms with Crippen LogP contribution < -0.4 is 10.6 Å². The van der Waals surface area contributed by atoms with E-state index in [0.29, 0.717) is 22.3 Å². The van der Waals surface area contributed by atoms with Crippen molar-refractivity contribution in [3.63, 3.8) is 0 Å². The lowest BCUT2D eigenvalue weighted by molar-refractivity contribution is -0.126. The highest BCUT2D eigenvalue weighted by atomic mass is 35.5. The molecule has 0 saturated heterocycles. The number of amides is 2. The Bertz CT molecular complexity index is 487. The minimum absolute atomic E-state index is 0.260. The first kappa shape index (κ1) is 17.8. The molecule has 0 radical (unpaired) electrons. The molecule has 0 unspecified atom stereocenters. The number of anilines is 1. The van der Waals surface area contributed by atoms with Crippen LogP contribution in [0, 0.1) is 0 Å². The smallest absolute Gasteiger partial charge is 0.233 e. The number of hydrogen-bond acceptors (Lipinski definition) is 3. The van der Waals surface area contributed by atoms with E-state index in [1.807, 2.05) is 19.0 Å². The minimum atomic E-state index is -0.449. The van der Waals surface area contributed by atoms with Gasteiger partial charge in [-0.15, -0.1) is 0 Å². The Morgan fingerprint density at radius 2 is 1.76 bits per heavy atom. The molecule has 0 spiro atoms. The van der Waals surface area contributed by atoms with Gasteiger partial charge in [-0.25, -0.2) is 0 Å². The van der Waals surface area contributed by atoms with Gasteiger partial charge in [-0.2, -0.15) is 0 Å². The summed E-state index contributed by atoms with van der Waals surface area (Å²) >= 11 is 11.9. The molecular weight excluding hydrogens is 313 g/mol. The summed E-state index contributed by atoms with van der Waals surface area (Å²) in [5.41, 5.74) is 0.325. The number of nitrogens with one attached hydrogen (secondary N) is 2. The Balaban J connectivity index is 2.38. The zero-order valence-corrected chi connectivity index (χ0v) is 13.6. The molecular formula is C14H19Cl2N3O2. The van der Waals surface area contributed by atoms with Crippen LogP contribution in [0.3, 0.4) is 0 Å². The predicted octanol–water partition coefficient (Wildman–Crippen LogP) is 2.39. The molecule has 21 heavy (non-hydrogen) atoms. The lowest BCUT2D eigenvalue weighted by Gasteiger charge is -2.11. The van der Waals surface area contributed by atoms with Crippen LogP contribution in [0.2, 0.25) is 10.0 Å². The van der Waals surface area contributed by atoms with E-state index in [2.05, 4.69) is 10.6 Å². The van der Waals surface area contributed by atoms with Crippen molar-refractivity contribution in [2.45, 2.75) is 12.8 Å². The summed E-state index contributed by atoms with van der Waals surface area (Å²) in [4.78, 5) is 25.4. The maximum absolute atomic E-state index is 11.8. The third-order valence-electron chi connectivity index (χ3n) is 2.65. The predicted molar refractivity (Wildman–Crippen MR) is 85.9 cm³/mol. The van der Waals surface area contributed by atoms with Crippen molar-refractivity contribution in [1.29, 1.82) is 0 Å². The van der Waals surface area contributed by atoms with Crippen LogP contribution in [-0.4, -0.2) is 43.9 Å². The van der Waals surface area contributed by atoms with Crippen molar-refractivity contribution >= 4 is 40.7 Å². The van der Waals surface area contributed by atoms with E-state index in [1.54, 1.807) is 18.2 Å². The largest absolute Gasteiger partial charge is 0.356 e. The van der Waals surface area contributed by atoms with E-state index >= 15 is 0 Å². The average molecular weight is 332 g/mol. The second-order valence-corrected chi connectivity index (χ2v) is 5.64. The lowest BCUT2D eigenvalue weighted by Crippen LogP contribution is -2.30. The van der Waals surface area contributed by atoms with Crippen molar-refractivity contribution in [2.24, 2.45) is 0 Å². The standard InChI is InChI=1S/C14H19Cl2N3O2/c1-19(2)8-4-7-17-12(20)9-13(21)18-14-10(15)5-3-6-11(14)16/h3,5-6H,4,7-9H2,1-2H3,(H,17,20)(H,18,21). The zero-order valence-electron chi connectivity index (χ0n) is 12.1. The third kappa shape index (κ3) is 6.80. The molecule has 0 aromatic heterocycles. The van der Waals surface area contributed by atoms with Crippen LogP contribution >= 0.6 is 23.2 Å². The molecule has 2 amide bonds. The summed E-state index contributed by atoms with van der Waals surface area (Å²) in [5.74, 6) is -0.774. The molecule has 0 saturated carbocycles. The summed E-state index contributed by atoms with van der Waals surface area (Å²) in [6.07, 6.45) is 0.570. The Kier molecular flexibility index (Phi) is 7.50. The monoisotopic (exact) mass is 331 g/mol. The van der Waals surface area contributed by atoms with Gasteiger partial charge in [-0.3, -0.25) is 9.59 Å². The van der Waals surface area contributed by atoms with E-state index in [0.717, 1.165) is 13.0 Å². The zero-order chi connectivity index (χ0) is 15.8. The summed E-state index contributed by atoms with van der Waals surface area (Å²) in [5, 5.41) is 5.91. The number of carbonyl (C=O) groups excluding carboxylic acids is 2. The second-order valence-electron chi connectivity index (χ2n) is 4.83. The van der Waals surface area contributed by atoms with Crippen molar-refractivity contribution in [3.05, 3.63) is 28.2 Å². The molecule has 0 aliphatic carbocycles. The van der Waals surface area contributed by atoms with E-state index in [4.69, 9.17) is 23.2 Å². The normalized spacial score (nSPS) is 10.5. The number of rotatable bonds is 7. The van der Waals surface area contributed by atoms with Gasteiger partial charge in [0, 0.05) is 6.54 Å².